The van der Waals surface area contributed by atoms with Crippen molar-refractivity contribution in [1.82, 2.24) is 19.7 Å². The Morgan fingerprint density at radius 1 is 1.27 bits per heavy atom. The summed E-state index contributed by atoms with van der Waals surface area (Å²) in [6, 6.07) is 8.64. The number of anilines is 1. The van der Waals surface area contributed by atoms with Crippen LogP contribution in [0, 0.1) is 12.7 Å². The molecule has 0 unspecified atom stereocenters. The Morgan fingerprint density at radius 2 is 2.04 bits per heavy atom. The van der Waals surface area contributed by atoms with Crippen LogP contribution < -0.4 is 5.32 Å². The van der Waals surface area contributed by atoms with Crippen LogP contribution in [0.4, 0.5) is 10.2 Å². The highest BCUT2D eigenvalue weighted by Gasteiger charge is 2.35. The standard InChI is InChI=1S/C20H20FN5/c1-12-9-17(25-26(12)11-14-7-5-6-8-16(14)21)19-22-10-15-18(24-19)23-13(2)20(15,3)4/h5-10H,2,11H2,1,3-4H3,(H,22,23,24). The third-order valence-corrected chi connectivity index (χ3v) is 4.97. The van der Waals surface area contributed by atoms with Crippen molar-refractivity contribution in [3.05, 3.63) is 71.4 Å². The summed E-state index contributed by atoms with van der Waals surface area (Å²) in [6.07, 6.45) is 1.83. The fraction of sp³-hybridized carbons (Fsp3) is 0.250. The van der Waals surface area contributed by atoms with Gasteiger partial charge >= 0.3 is 0 Å². The highest BCUT2D eigenvalue weighted by atomic mass is 19.1. The molecule has 3 aromatic rings. The Bertz CT molecular complexity index is 1020. The second-order valence-electron chi connectivity index (χ2n) is 7.10. The van der Waals surface area contributed by atoms with E-state index in [0.29, 0.717) is 23.6 Å². The zero-order chi connectivity index (χ0) is 18.5. The van der Waals surface area contributed by atoms with Gasteiger partial charge in [0, 0.05) is 34.1 Å². The molecule has 1 aliphatic rings. The molecule has 1 N–H and O–H groups in total. The molecule has 2 aromatic heterocycles. The van der Waals surface area contributed by atoms with E-state index in [9.17, 15) is 4.39 Å². The van der Waals surface area contributed by atoms with Crippen molar-refractivity contribution in [3.63, 3.8) is 0 Å². The average molecular weight is 349 g/mol. The molecule has 0 spiro atoms. The first-order valence-electron chi connectivity index (χ1n) is 8.48. The van der Waals surface area contributed by atoms with Crippen LogP contribution in [0.5, 0.6) is 0 Å². The van der Waals surface area contributed by atoms with Gasteiger partial charge in [-0.05, 0) is 19.1 Å². The molecular weight excluding hydrogens is 329 g/mol. The van der Waals surface area contributed by atoms with Crippen molar-refractivity contribution in [2.45, 2.75) is 32.7 Å². The summed E-state index contributed by atoms with van der Waals surface area (Å²) in [5.41, 5.74) is 3.91. The van der Waals surface area contributed by atoms with Crippen LogP contribution >= 0.6 is 0 Å². The summed E-state index contributed by atoms with van der Waals surface area (Å²) in [4.78, 5) is 9.10. The van der Waals surface area contributed by atoms with E-state index >= 15 is 0 Å². The first-order chi connectivity index (χ1) is 12.4. The van der Waals surface area contributed by atoms with E-state index in [-0.39, 0.29) is 11.2 Å². The SMILES string of the molecule is C=C1Nc2nc(-c3cc(C)n(Cc4ccccc4F)n3)ncc2C1(C)C. The third-order valence-electron chi connectivity index (χ3n) is 4.97. The first-order valence-corrected chi connectivity index (χ1v) is 8.48. The molecule has 0 bridgehead atoms. The molecule has 0 saturated heterocycles. The Balaban J connectivity index is 1.67. The van der Waals surface area contributed by atoms with Crippen LogP contribution in [0.1, 0.15) is 30.7 Å². The van der Waals surface area contributed by atoms with E-state index in [1.165, 1.54) is 6.07 Å². The average Bonchev–Trinajstić information content (AvgIpc) is 3.07. The van der Waals surface area contributed by atoms with Crippen molar-refractivity contribution in [3.8, 4) is 11.5 Å². The largest absolute Gasteiger partial charge is 0.343 e. The minimum atomic E-state index is -0.234. The van der Waals surface area contributed by atoms with Gasteiger partial charge in [0.15, 0.2) is 5.82 Å². The lowest BCUT2D eigenvalue weighted by molar-refractivity contribution is 0.580. The zero-order valence-corrected chi connectivity index (χ0v) is 15.0. The minimum Gasteiger partial charge on any atom is -0.343 e. The predicted octanol–water partition coefficient (Wildman–Crippen LogP) is 4.05. The molecular formula is C20H20FN5. The summed E-state index contributed by atoms with van der Waals surface area (Å²) in [7, 11) is 0. The smallest absolute Gasteiger partial charge is 0.182 e. The van der Waals surface area contributed by atoms with Crippen molar-refractivity contribution >= 4 is 5.82 Å². The molecule has 0 saturated carbocycles. The van der Waals surface area contributed by atoms with Gasteiger partial charge in [-0.1, -0.05) is 38.6 Å². The molecule has 26 heavy (non-hydrogen) atoms. The summed E-state index contributed by atoms with van der Waals surface area (Å²) >= 11 is 0. The molecule has 0 atom stereocenters. The quantitative estimate of drug-likeness (QED) is 0.775. The molecule has 0 radical (unpaired) electrons. The summed E-state index contributed by atoms with van der Waals surface area (Å²) < 4.78 is 15.7. The van der Waals surface area contributed by atoms with Gasteiger partial charge in [-0.3, -0.25) is 4.68 Å². The van der Waals surface area contributed by atoms with Gasteiger partial charge in [0.1, 0.15) is 17.3 Å². The van der Waals surface area contributed by atoms with E-state index < -0.39 is 0 Å². The van der Waals surface area contributed by atoms with Crippen molar-refractivity contribution in [1.29, 1.82) is 0 Å². The minimum absolute atomic E-state index is 0.200. The second kappa shape index (κ2) is 5.76. The summed E-state index contributed by atoms with van der Waals surface area (Å²) in [5.74, 6) is 1.08. The number of benzene rings is 1. The van der Waals surface area contributed by atoms with Crippen molar-refractivity contribution in [2.75, 3.05) is 5.32 Å². The van der Waals surface area contributed by atoms with Gasteiger partial charge in [-0.2, -0.15) is 5.10 Å². The predicted molar refractivity (Wildman–Crippen MR) is 99.3 cm³/mol. The van der Waals surface area contributed by atoms with Gasteiger partial charge in [0.2, 0.25) is 0 Å². The number of aryl methyl sites for hydroxylation is 1. The summed E-state index contributed by atoms with van der Waals surface area (Å²) in [5, 5.41) is 7.81. The molecule has 132 valence electrons. The number of fused-ring (bicyclic) bond motifs is 1. The second-order valence-corrected chi connectivity index (χ2v) is 7.10. The fourth-order valence-electron chi connectivity index (χ4n) is 3.09. The molecule has 0 aliphatic carbocycles. The van der Waals surface area contributed by atoms with Crippen molar-refractivity contribution in [2.24, 2.45) is 0 Å². The monoisotopic (exact) mass is 349 g/mol. The van der Waals surface area contributed by atoms with Crippen LogP contribution in [0.25, 0.3) is 11.5 Å². The molecule has 0 fully saturated rings. The van der Waals surface area contributed by atoms with E-state index in [4.69, 9.17) is 0 Å². The maximum absolute atomic E-state index is 13.9. The number of allylic oxidation sites excluding steroid dienone is 1. The lowest BCUT2D eigenvalue weighted by atomic mass is 9.86. The summed E-state index contributed by atoms with van der Waals surface area (Å²) in [6.45, 7) is 10.5. The number of aromatic nitrogens is 4. The van der Waals surface area contributed by atoms with Crippen LogP contribution in [0.2, 0.25) is 0 Å². The fourth-order valence-corrected chi connectivity index (χ4v) is 3.09. The van der Waals surface area contributed by atoms with Gasteiger partial charge in [-0.15, -0.1) is 0 Å². The zero-order valence-electron chi connectivity index (χ0n) is 15.0. The van der Waals surface area contributed by atoms with Gasteiger partial charge in [-0.25, -0.2) is 14.4 Å². The number of hydrogen-bond acceptors (Lipinski definition) is 4. The lowest BCUT2D eigenvalue weighted by Gasteiger charge is -2.17. The van der Waals surface area contributed by atoms with E-state index in [0.717, 1.165) is 22.8 Å². The van der Waals surface area contributed by atoms with E-state index in [1.807, 2.05) is 25.3 Å². The highest BCUT2D eigenvalue weighted by Crippen LogP contribution is 2.41. The van der Waals surface area contributed by atoms with Crippen LogP contribution in [-0.2, 0) is 12.0 Å². The normalized spacial score (nSPS) is 15.0. The molecule has 4 rings (SSSR count). The number of rotatable bonds is 3. The molecule has 6 heteroatoms. The Morgan fingerprint density at radius 3 is 2.81 bits per heavy atom. The Kier molecular flexibility index (Phi) is 3.64. The van der Waals surface area contributed by atoms with E-state index in [1.54, 1.807) is 16.8 Å². The molecule has 1 aromatic carbocycles. The van der Waals surface area contributed by atoms with Gasteiger partial charge in [0.05, 0.1) is 6.54 Å². The van der Waals surface area contributed by atoms with Gasteiger partial charge in [0.25, 0.3) is 0 Å². The third kappa shape index (κ3) is 2.58. The molecule has 1 aliphatic heterocycles. The Hall–Kier alpha value is -3.02. The van der Waals surface area contributed by atoms with Crippen LogP contribution in [-0.4, -0.2) is 19.7 Å². The molecule has 3 heterocycles. The maximum Gasteiger partial charge on any atom is 0.182 e. The number of nitrogens with one attached hydrogen (secondary N) is 1. The molecule has 0 amide bonds. The first kappa shape index (κ1) is 16.4. The Labute approximate surface area is 151 Å². The highest BCUT2D eigenvalue weighted by molar-refractivity contribution is 5.65. The molecule has 5 nitrogen and oxygen atoms in total. The van der Waals surface area contributed by atoms with Crippen LogP contribution in [0.3, 0.4) is 0 Å². The number of halogens is 1. The van der Waals surface area contributed by atoms with E-state index in [2.05, 4.69) is 40.8 Å². The van der Waals surface area contributed by atoms with Gasteiger partial charge < -0.3 is 5.32 Å². The number of nitrogens with zero attached hydrogens (tertiary/aromatic N) is 4. The topological polar surface area (TPSA) is 55.6 Å². The number of hydrogen-bond donors (Lipinski definition) is 1. The van der Waals surface area contributed by atoms with Crippen LogP contribution in [0.15, 0.2) is 48.8 Å². The van der Waals surface area contributed by atoms with Crippen molar-refractivity contribution < 1.29 is 4.39 Å². The maximum atomic E-state index is 13.9. The lowest BCUT2D eigenvalue weighted by Crippen LogP contribution is -2.16.